The van der Waals surface area contributed by atoms with E-state index < -0.39 is 0 Å². The van der Waals surface area contributed by atoms with Gasteiger partial charge in [-0.25, -0.2) is 0 Å². The molecule has 18 heavy (non-hydrogen) atoms. The highest BCUT2D eigenvalue weighted by Crippen LogP contribution is 2.15. The van der Waals surface area contributed by atoms with Crippen LogP contribution in [0.4, 0.5) is 0 Å². The van der Waals surface area contributed by atoms with Crippen molar-refractivity contribution in [3.05, 3.63) is 40.7 Å². The molecule has 1 unspecified atom stereocenters. The zero-order valence-corrected chi connectivity index (χ0v) is 10.3. The second-order valence-corrected chi connectivity index (χ2v) is 4.92. The fourth-order valence-corrected chi connectivity index (χ4v) is 2.63. The van der Waals surface area contributed by atoms with Crippen LogP contribution in [0.1, 0.15) is 12.8 Å². The third kappa shape index (κ3) is 2.16. The predicted octanol–water partition coefficient (Wildman–Crippen LogP) is 1.40. The molecule has 1 fully saturated rings. The summed E-state index contributed by atoms with van der Waals surface area (Å²) >= 11 is 0. The summed E-state index contributed by atoms with van der Waals surface area (Å²) in [5.41, 5.74) is 0.944. The van der Waals surface area contributed by atoms with Gasteiger partial charge < -0.3 is 5.32 Å². The van der Waals surface area contributed by atoms with Crippen molar-refractivity contribution in [1.29, 1.82) is 0 Å². The first-order valence-electron chi connectivity index (χ1n) is 6.50. The summed E-state index contributed by atoms with van der Waals surface area (Å²) in [5.74, 6) is 0.608. The molecule has 0 spiro atoms. The minimum atomic E-state index is 0.00335. The maximum atomic E-state index is 11.7. The van der Waals surface area contributed by atoms with Crippen molar-refractivity contribution >= 4 is 10.9 Å². The first kappa shape index (κ1) is 11.4. The van der Waals surface area contributed by atoms with Crippen molar-refractivity contribution in [1.82, 2.24) is 15.1 Å². The molecule has 0 aliphatic carbocycles. The summed E-state index contributed by atoms with van der Waals surface area (Å²) in [4.78, 5) is 11.7. The molecule has 3 rings (SSSR count). The van der Waals surface area contributed by atoms with Crippen LogP contribution >= 0.6 is 0 Å². The Kier molecular flexibility index (Phi) is 3.11. The highest BCUT2D eigenvalue weighted by atomic mass is 16.1. The number of piperidine rings is 1. The summed E-state index contributed by atoms with van der Waals surface area (Å²) in [6, 6.07) is 7.70. The highest BCUT2D eigenvalue weighted by molar-refractivity contribution is 5.77. The maximum absolute atomic E-state index is 11.7. The lowest BCUT2D eigenvalue weighted by molar-refractivity contribution is 0.328. The summed E-state index contributed by atoms with van der Waals surface area (Å²) in [7, 11) is 0. The quantitative estimate of drug-likeness (QED) is 0.867. The first-order chi connectivity index (χ1) is 8.84. The topological polar surface area (TPSA) is 46.9 Å². The number of hydrogen-bond acceptors (Lipinski definition) is 3. The molecule has 1 N–H and O–H groups in total. The summed E-state index contributed by atoms with van der Waals surface area (Å²) in [5, 5.41) is 8.45. The fraction of sp³-hybridized carbons (Fsp3) is 0.429. The van der Waals surface area contributed by atoms with E-state index in [0.717, 1.165) is 30.5 Å². The van der Waals surface area contributed by atoms with Gasteiger partial charge >= 0.3 is 0 Å². The first-order valence-corrected chi connectivity index (χ1v) is 6.50. The van der Waals surface area contributed by atoms with E-state index in [1.165, 1.54) is 19.0 Å². The Labute approximate surface area is 106 Å². The Hall–Kier alpha value is -1.68. The molecule has 0 bridgehead atoms. The highest BCUT2D eigenvalue weighted by Gasteiger charge is 2.14. The van der Waals surface area contributed by atoms with Crippen LogP contribution in [0.3, 0.4) is 0 Å². The minimum Gasteiger partial charge on any atom is -0.316 e. The lowest BCUT2D eigenvalue weighted by atomic mass is 10.00. The molecule has 1 saturated heterocycles. The average molecular weight is 243 g/mol. The second-order valence-electron chi connectivity index (χ2n) is 4.92. The molecule has 0 amide bonds. The van der Waals surface area contributed by atoms with E-state index in [0.29, 0.717) is 5.92 Å². The van der Waals surface area contributed by atoms with E-state index >= 15 is 0 Å². The van der Waals surface area contributed by atoms with Gasteiger partial charge in [0.25, 0.3) is 0 Å². The molecule has 1 atom stereocenters. The molecule has 2 aromatic rings. The summed E-state index contributed by atoms with van der Waals surface area (Å²) in [6.07, 6.45) is 3.89. The van der Waals surface area contributed by atoms with Gasteiger partial charge in [-0.3, -0.25) is 9.48 Å². The molecule has 2 heterocycles. The van der Waals surface area contributed by atoms with Crippen LogP contribution in [0.15, 0.2) is 35.3 Å². The molecule has 4 heteroatoms. The smallest absolute Gasteiger partial charge is 0.207 e. The lowest BCUT2D eigenvalue weighted by Gasteiger charge is -2.23. The van der Waals surface area contributed by atoms with Crippen LogP contribution in [0.5, 0.6) is 0 Å². The second kappa shape index (κ2) is 4.90. The zero-order valence-electron chi connectivity index (χ0n) is 10.3. The van der Waals surface area contributed by atoms with Gasteiger partial charge in [-0.15, -0.1) is 0 Å². The van der Waals surface area contributed by atoms with Crippen molar-refractivity contribution < 1.29 is 0 Å². The largest absolute Gasteiger partial charge is 0.316 e. The minimum absolute atomic E-state index is 0.00335. The molecule has 1 aliphatic heterocycles. The van der Waals surface area contributed by atoms with Gasteiger partial charge in [0.2, 0.25) is 5.43 Å². The Morgan fingerprint density at radius 3 is 3.11 bits per heavy atom. The Morgan fingerprint density at radius 2 is 2.28 bits per heavy atom. The van der Waals surface area contributed by atoms with Gasteiger partial charge in [-0.05, 0) is 44.0 Å². The van der Waals surface area contributed by atoms with E-state index in [1.807, 2.05) is 28.9 Å². The van der Waals surface area contributed by atoms with Gasteiger partial charge in [0.1, 0.15) is 0 Å². The number of rotatable bonds is 2. The summed E-state index contributed by atoms with van der Waals surface area (Å²) < 4.78 is 1.97. The predicted molar refractivity (Wildman–Crippen MR) is 71.6 cm³/mol. The van der Waals surface area contributed by atoms with Crippen molar-refractivity contribution in [3.8, 4) is 0 Å². The van der Waals surface area contributed by atoms with E-state index in [2.05, 4.69) is 10.4 Å². The number of aromatic nitrogens is 2. The van der Waals surface area contributed by atoms with E-state index in [1.54, 1.807) is 0 Å². The number of fused-ring (bicyclic) bond motifs is 1. The van der Waals surface area contributed by atoms with Crippen LogP contribution in [-0.2, 0) is 6.54 Å². The van der Waals surface area contributed by atoms with Gasteiger partial charge in [0.15, 0.2) is 0 Å². The lowest BCUT2D eigenvalue weighted by Crippen LogP contribution is -2.32. The molecular weight excluding hydrogens is 226 g/mol. The number of hydrogen-bond donors (Lipinski definition) is 1. The number of nitrogens with one attached hydrogen (secondary N) is 1. The molecule has 94 valence electrons. The van der Waals surface area contributed by atoms with E-state index in [-0.39, 0.29) is 5.43 Å². The normalized spacial score (nSPS) is 20.1. The van der Waals surface area contributed by atoms with Crippen LogP contribution in [0.25, 0.3) is 10.9 Å². The molecular formula is C14H17N3O. The maximum Gasteiger partial charge on any atom is 0.207 e. The zero-order chi connectivity index (χ0) is 12.4. The van der Waals surface area contributed by atoms with Gasteiger partial charge in [-0.2, -0.15) is 5.10 Å². The SMILES string of the molecule is O=c1cnn(CC2CCCNC2)c2ccccc12. The van der Waals surface area contributed by atoms with E-state index in [9.17, 15) is 4.79 Å². The van der Waals surface area contributed by atoms with Crippen molar-refractivity contribution in [2.75, 3.05) is 13.1 Å². The van der Waals surface area contributed by atoms with Crippen LogP contribution in [0.2, 0.25) is 0 Å². The Bertz CT molecular complexity index is 599. The third-order valence-electron chi connectivity index (χ3n) is 3.59. The molecule has 1 aromatic heterocycles. The Morgan fingerprint density at radius 1 is 1.39 bits per heavy atom. The number of para-hydroxylation sites is 1. The van der Waals surface area contributed by atoms with Gasteiger partial charge in [0.05, 0.1) is 11.7 Å². The molecule has 0 radical (unpaired) electrons. The average Bonchev–Trinajstić information content (AvgIpc) is 2.44. The van der Waals surface area contributed by atoms with Crippen LogP contribution < -0.4 is 10.7 Å². The number of nitrogens with zero attached hydrogens (tertiary/aromatic N) is 2. The molecule has 0 saturated carbocycles. The molecule has 1 aliphatic rings. The standard InChI is InChI=1S/C14H17N3O/c18-14-9-16-17(10-11-4-3-7-15-8-11)13-6-2-1-5-12(13)14/h1-2,5-6,9,11,15H,3-4,7-8,10H2. The number of benzene rings is 1. The third-order valence-corrected chi connectivity index (χ3v) is 3.59. The molecule has 1 aromatic carbocycles. The fourth-order valence-electron chi connectivity index (χ4n) is 2.63. The van der Waals surface area contributed by atoms with Crippen molar-refractivity contribution in [3.63, 3.8) is 0 Å². The van der Waals surface area contributed by atoms with Crippen LogP contribution in [0, 0.1) is 5.92 Å². The van der Waals surface area contributed by atoms with Crippen LogP contribution in [-0.4, -0.2) is 22.9 Å². The van der Waals surface area contributed by atoms with E-state index in [4.69, 9.17) is 0 Å². The van der Waals surface area contributed by atoms with Gasteiger partial charge in [-0.1, -0.05) is 12.1 Å². The summed E-state index contributed by atoms with van der Waals surface area (Å²) in [6.45, 7) is 3.05. The monoisotopic (exact) mass is 243 g/mol. The molecule has 4 nitrogen and oxygen atoms in total. The van der Waals surface area contributed by atoms with Gasteiger partial charge in [0, 0.05) is 11.9 Å². The van der Waals surface area contributed by atoms with Crippen molar-refractivity contribution in [2.45, 2.75) is 19.4 Å². The van der Waals surface area contributed by atoms with Crippen molar-refractivity contribution in [2.24, 2.45) is 5.92 Å². The Balaban J connectivity index is 1.96.